The maximum atomic E-state index is 11.7. The van der Waals surface area contributed by atoms with E-state index in [2.05, 4.69) is 15.6 Å². The molecule has 0 aliphatic carbocycles. The van der Waals surface area contributed by atoms with Crippen LogP contribution >= 0.6 is 0 Å². The lowest BCUT2D eigenvalue weighted by molar-refractivity contribution is -0.105. The monoisotopic (exact) mass is 413 g/mol. The number of carbonyl (C=O) groups excluding carboxylic acids is 2. The van der Waals surface area contributed by atoms with Gasteiger partial charge in [0.05, 0.1) is 5.69 Å². The molecule has 1 heterocycles. The van der Waals surface area contributed by atoms with Gasteiger partial charge in [0.15, 0.2) is 5.75 Å². The molecule has 0 fully saturated rings. The molecule has 2 N–H and O–H groups in total. The summed E-state index contributed by atoms with van der Waals surface area (Å²) in [4.78, 5) is 26.2. The van der Waals surface area contributed by atoms with Crippen LogP contribution in [0.1, 0.15) is 17.3 Å². The van der Waals surface area contributed by atoms with Crippen LogP contribution in [0, 0.1) is 0 Å². The number of ether oxygens (including phenoxy) is 1. The first-order valence-electron chi connectivity index (χ1n) is 9.86. The Kier molecular flexibility index (Phi) is 7.71. The minimum absolute atomic E-state index is 0.0453. The van der Waals surface area contributed by atoms with Gasteiger partial charge in [0, 0.05) is 29.9 Å². The number of para-hydroxylation sites is 3. The molecule has 0 aliphatic rings. The average Bonchev–Trinajstić information content (AvgIpc) is 2.81. The topological polar surface area (TPSA) is 80.3 Å². The molecule has 4 aromatic rings. The van der Waals surface area contributed by atoms with Crippen LogP contribution in [0.5, 0.6) is 11.5 Å². The molecule has 0 spiro atoms. The number of carbonyl (C=O) groups is 2. The molecule has 0 saturated carbocycles. The van der Waals surface area contributed by atoms with Gasteiger partial charge in [0.2, 0.25) is 6.41 Å². The van der Waals surface area contributed by atoms with Gasteiger partial charge in [-0.3, -0.25) is 14.6 Å². The third-order valence-corrected chi connectivity index (χ3v) is 4.34. The Morgan fingerprint density at radius 1 is 0.968 bits per heavy atom. The minimum Gasteiger partial charge on any atom is -0.455 e. The highest BCUT2D eigenvalue weighted by Gasteiger charge is 2.08. The van der Waals surface area contributed by atoms with Crippen molar-refractivity contribution in [1.29, 1.82) is 0 Å². The molecule has 0 atom stereocenters. The number of hydrogen-bond acceptors (Lipinski definition) is 4. The molecule has 0 saturated heterocycles. The second kappa shape index (κ2) is 11.1. The highest BCUT2D eigenvalue weighted by molar-refractivity contribution is 6.06. The summed E-state index contributed by atoms with van der Waals surface area (Å²) in [6.45, 7) is 2.54. The van der Waals surface area contributed by atoms with Crippen LogP contribution in [-0.2, 0) is 4.79 Å². The number of rotatable bonds is 6. The molecular weight excluding hydrogens is 390 g/mol. The largest absolute Gasteiger partial charge is 0.455 e. The molecule has 1 aromatic heterocycles. The third-order valence-electron chi connectivity index (χ3n) is 4.34. The van der Waals surface area contributed by atoms with Gasteiger partial charge < -0.3 is 15.4 Å². The highest BCUT2D eigenvalue weighted by Crippen LogP contribution is 2.28. The summed E-state index contributed by atoms with van der Waals surface area (Å²) in [5.41, 5.74) is 1.34. The first-order chi connectivity index (χ1) is 15.2. The maximum Gasteiger partial charge on any atom is 0.251 e. The lowest BCUT2D eigenvalue weighted by Crippen LogP contribution is -2.22. The van der Waals surface area contributed by atoms with Gasteiger partial charge in [0.25, 0.3) is 5.91 Å². The van der Waals surface area contributed by atoms with E-state index in [9.17, 15) is 9.59 Å². The van der Waals surface area contributed by atoms with Crippen LogP contribution < -0.4 is 15.4 Å². The van der Waals surface area contributed by atoms with Crippen molar-refractivity contribution >= 4 is 28.8 Å². The summed E-state index contributed by atoms with van der Waals surface area (Å²) in [5.74, 6) is 1.32. The molecule has 6 heteroatoms. The molecule has 31 heavy (non-hydrogen) atoms. The number of anilines is 1. The Hall–Kier alpha value is -4.19. The van der Waals surface area contributed by atoms with E-state index >= 15 is 0 Å². The first-order valence-corrected chi connectivity index (χ1v) is 9.86. The van der Waals surface area contributed by atoms with E-state index in [1.807, 2.05) is 73.7 Å². The van der Waals surface area contributed by atoms with E-state index in [0.29, 0.717) is 30.0 Å². The van der Waals surface area contributed by atoms with Crippen molar-refractivity contribution < 1.29 is 14.3 Å². The number of fused-ring (bicyclic) bond motifs is 1. The summed E-state index contributed by atoms with van der Waals surface area (Å²) >= 11 is 0. The molecule has 2 amide bonds. The summed E-state index contributed by atoms with van der Waals surface area (Å²) in [6.07, 6.45) is 4.08. The zero-order valence-electron chi connectivity index (χ0n) is 17.1. The van der Waals surface area contributed by atoms with Crippen molar-refractivity contribution in [3.05, 3.63) is 96.8 Å². The van der Waals surface area contributed by atoms with E-state index in [4.69, 9.17) is 4.74 Å². The van der Waals surface area contributed by atoms with E-state index in [0.717, 1.165) is 16.5 Å². The van der Waals surface area contributed by atoms with Crippen molar-refractivity contribution in [2.24, 2.45) is 0 Å². The van der Waals surface area contributed by atoms with Crippen LogP contribution in [0.15, 0.2) is 91.3 Å². The predicted molar refractivity (Wildman–Crippen MR) is 122 cm³/mol. The van der Waals surface area contributed by atoms with Crippen LogP contribution in [-0.4, -0.2) is 23.8 Å². The number of hydrogen-bond donors (Lipinski definition) is 2. The minimum atomic E-state index is -0.0453. The lowest BCUT2D eigenvalue weighted by Gasteiger charge is -2.09. The first kappa shape index (κ1) is 21.5. The summed E-state index contributed by atoms with van der Waals surface area (Å²) < 4.78 is 5.64. The molecule has 0 aliphatic heterocycles. The van der Waals surface area contributed by atoms with Gasteiger partial charge in [-0.2, -0.15) is 0 Å². The number of benzene rings is 3. The Morgan fingerprint density at radius 3 is 2.52 bits per heavy atom. The van der Waals surface area contributed by atoms with E-state index in [1.54, 1.807) is 24.5 Å². The molecule has 0 radical (unpaired) electrons. The lowest BCUT2D eigenvalue weighted by atomic mass is 10.1. The predicted octanol–water partition coefficient (Wildman–Crippen LogP) is 5.03. The Labute approximate surface area is 180 Å². The highest BCUT2D eigenvalue weighted by atomic mass is 16.5. The Balaban J connectivity index is 0.000000176. The van der Waals surface area contributed by atoms with Crippen LogP contribution in [0.4, 0.5) is 5.69 Å². The second-order valence-corrected chi connectivity index (χ2v) is 6.44. The van der Waals surface area contributed by atoms with Gasteiger partial charge in [-0.1, -0.05) is 42.5 Å². The van der Waals surface area contributed by atoms with Gasteiger partial charge in [-0.05, 0) is 48.7 Å². The SMILES string of the molecule is CCNC(=O)c1cccc2ccncc12.O=CNc1ccccc1Oc1ccccc1. The molecular formula is C25H23N3O3. The van der Waals surface area contributed by atoms with E-state index in [1.165, 1.54) is 0 Å². The van der Waals surface area contributed by atoms with E-state index in [-0.39, 0.29) is 5.91 Å². The quantitative estimate of drug-likeness (QED) is 0.435. The average molecular weight is 413 g/mol. The zero-order valence-corrected chi connectivity index (χ0v) is 17.1. The van der Waals surface area contributed by atoms with Gasteiger partial charge in [-0.15, -0.1) is 0 Å². The number of nitrogens with one attached hydrogen (secondary N) is 2. The molecule has 4 rings (SSSR count). The van der Waals surface area contributed by atoms with Crippen LogP contribution in [0.25, 0.3) is 10.8 Å². The normalized spacial score (nSPS) is 9.84. The number of pyridine rings is 1. The van der Waals surface area contributed by atoms with Gasteiger partial charge >= 0.3 is 0 Å². The molecule has 0 bridgehead atoms. The smallest absolute Gasteiger partial charge is 0.251 e. The number of amides is 2. The number of aromatic nitrogens is 1. The van der Waals surface area contributed by atoms with Crippen molar-refractivity contribution in [2.75, 3.05) is 11.9 Å². The fourth-order valence-corrected chi connectivity index (χ4v) is 2.92. The Bertz CT molecular complexity index is 1140. The maximum absolute atomic E-state index is 11.7. The number of nitrogens with zero attached hydrogens (tertiary/aromatic N) is 1. The van der Waals surface area contributed by atoms with Gasteiger partial charge in [0.1, 0.15) is 5.75 Å². The molecule has 6 nitrogen and oxygen atoms in total. The van der Waals surface area contributed by atoms with Crippen LogP contribution in [0.3, 0.4) is 0 Å². The zero-order chi connectivity index (χ0) is 21.9. The standard InChI is InChI=1S/C13H11NO2.C12H12N2O/c15-10-14-12-8-4-5-9-13(12)16-11-6-2-1-3-7-11;1-2-14-12(15)10-5-3-4-9-6-7-13-8-11(9)10/h1-10H,(H,14,15);3-8H,2H2,1H3,(H,14,15). The van der Waals surface area contributed by atoms with E-state index < -0.39 is 0 Å². The Morgan fingerprint density at radius 2 is 1.74 bits per heavy atom. The molecule has 0 unspecified atom stereocenters. The fraction of sp³-hybridized carbons (Fsp3) is 0.0800. The van der Waals surface area contributed by atoms with Crippen molar-refractivity contribution in [2.45, 2.75) is 6.92 Å². The molecule has 3 aromatic carbocycles. The van der Waals surface area contributed by atoms with Crippen molar-refractivity contribution in [3.63, 3.8) is 0 Å². The third kappa shape index (κ3) is 5.90. The molecule has 156 valence electrons. The van der Waals surface area contributed by atoms with Crippen LogP contribution in [0.2, 0.25) is 0 Å². The second-order valence-electron chi connectivity index (χ2n) is 6.44. The summed E-state index contributed by atoms with van der Waals surface area (Å²) in [7, 11) is 0. The summed E-state index contributed by atoms with van der Waals surface area (Å²) in [5, 5.41) is 7.31. The van der Waals surface area contributed by atoms with Crippen molar-refractivity contribution in [1.82, 2.24) is 10.3 Å². The van der Waals surface area contributed by atoms with Crippen molar-refractivity contribution in [3.8, 4) is 11.5 Å². The fourth-order valence-electron chi connectivity index (χ4n) is 2.92. The summed E-state index contributed by atoms with van der Waals surface area (Å²) in [6, 6.07) is 24.3. The van der Waals surface area contributed by atoms with Gasteiger partial charge in [-0.25, -0.2) is 0 Å².